The molecular formula is C27H21NO2. The van der Waals surface area contributed by atoms with E-state index in [9.17, 15) is 4.79 Å². The van der Waals surface area contributed by atoms with Crippen molar-refractivity contribution in [2.45, 2.75) is 25.0 Å². The number of nitrogens with two attached hydrogens (primary N) is 1. The van der Waals surface area contributed by atoms with Gasteiger partial charge in [-0.25, -0.2) is 4.79 Å². The van der Waals surface area contributed by atoms with Crippen molar-refractivity contribution in [3.05, 3.63) is 95.6 Å². The second-order valence-electron chi connectivity index (χ2n) is 8.18. The Labute approximate surface area is 174 Å². The summed E-state index contributed by atoms with van der Waals surface area (Å²) >= 11 is 0. The van der Waals surface area contributed by atoms with Gasteiger partial charge < -0.3 is 10.5 Å². The fourth-order valence-corrected chi connectivity index (χ4v) is 5.07. The van der Waals surface area contributed by atoms with Gasteiger partial charge in [-0.2, -0.15) is 0 Å². The number of benzene rings is 5. The van der Waals surface area contributed by atoms with Crippen LogP contribution in [0.3, 0.4) is 0 Å². The second kappa shape index (κ2) is 6.54. The minimum Gasteiger partial charge on any atom is -0.457 e. The van der Waals surface area contributed by atoms with E-state index in [1.807, 2.05) is 18.2 Å². The van der Waals surface area contributed by atoms with Gasteiger partial charge in [0.1, 0.15) is 6.10 Å². The Morgan fingerprint density at radius 2 is 1.57 bits per heavy atom. The highest BCUT2D eigenvalue weighted by Gasteiger charge is 2.32. The van der Waals surface area contributed by atoms with Crippen LogP contribution < -0.4 is 5.73 Å². The van der Waals surface area contributed by atoms with Crippen LogP contribution >= 0.6 is 0 Å². The van der Waals surface area contributed by atoms with Gasteiger partial charge >= 0.3 is 5.97 Å². The molecule has 1 aliphatic carbocycles. The number of ether oxygens (including phenoxy) is 1. The molecule has 0 fully saturated rings. The monoisotopic (exact) mass is 391 g/mol. The molecule has 0 saturated carbocycles. The van der Waals surface area contributed by atoms with Gasteiger partial charge in [0, 0.05) is 0 Å². The first-order valence-corrected chi connectivity index (χ1v) is 10.4. The number of carbonyl (C=O) groups is 1. The normalized spacial score (nSPS) is 18.7. The zero-order valence-corrected chi connectivity index (χ0v) is 16.5. The fraction of sp³-hybridized carbons (Fsp3) is 0.148. The average Bonchev–Trinajstić information content (AvgIpc) is 2.79. The molecular weight excluding hydrogens is 370 g/mol. The number of fused-ring (bicyclic) bond motifs is 2. The van der Waals surface area contributed by atoms with Crippen LogP contribution in [0, 0.1) is 0 Å². The summed E-state index contributed by atoms with van der Waals surface area (Å²) in [6.07, 6.45) is 1.26. The summed E-state index contributed by atoms with van der Waals surface area (Å²) < 4.78 is 5.87. The van der Waals surface area contributed by atoms with E-state index >= 15 is 0 Å². The average molecular weight is 391 g/mol. The maximum absolute atomic E-state index is 12.6. The topological polar surface area (TPSA) is 52.3 Å². The van der Waals surface area contributed by atoms with Crippen molar-refractivity contribution in [2.24, 2.45) is 5.73 Å². The van der Waals surface area contributed by atoms with Crippen molar-refractivity contribution >= 4 is 38.3 Å². The van der Waals surface area contributed by atoms with E-state index in [-0.39, 0.29) is 18.1 Å². The van der Waals surface area contributed by atoms with Crippen LogP contribution in [-0.4, -0.2) is 12.1 Å². The molecule has 3 heteroatoms. The molecule has 6 rings (SSSR count). The Hall–Kier alpha value is -3.43. The van der Waals surface area contributed by atoms with Gasteiger partial charge in [0.2, 0.25) is 0 Å². The molecule has 5 aromatic carbocycles. The van der Waals surface area contributed by atoms with Crippen molar-refractivity contribution in [3.63, 3.8) is 0 Å². The zero-order chi connectivity index (χ0) is 20.2. The van der Waals surface area contributed by atoms with Gasteiger partial charge in [-0.3, -0.25) is 0 Å². The van der Waals surface area contributed by atoms with Crippen molar-refractivity contribution in [2.75, 3.05) is 0 Å². The van der Waals surface area contributed by atoms with Crippen molar-refractivity contribution < 1.29 is 9.53 Å². The van der Waals surface area contributed by atoms with Crippen LogP contribution in [0.5, 0.6) is 0 Å². The van der Waals surface area contributed by atoms with Gasteiger partial charge in [0.25, 0.3) is 0 Å². The Morgan fingerprint density at radius 1 is 0.833 bits per heavy atom. The number of hydrogen-bond donors (Lipinski definition) is 1. The fourth-order valence-electron chi connectivity index (χ4n) is 5.07. The number of hydrogen-bond acceptors (Lipinski definition) is 3. The van der Waals surface area contributed by atoms with Gasteiger partial charge in [-0.1, -0.05) is 66.7 Å². The molecule has 2 N–H and O–H groups in total. The summed E-state index contributed by atoms with van der Waals surface area (Å²) in [4.78, 5) is 12.6. The first-order valence-electron chi connectivity index (χ1n) is 10.4. The molecule has 0 bridgehead atoms. The van der Waals surface area contributed by atoms with Crippen molar-refractivity contribution in [1.29, 1.82) is 0 Å². The van der Waals surface area contributed by atoms with Crippen molar-refractivity contribution in [1.82, 2.24) is 0 Å². The predicted molar refractivity (Wildman–Crippen MR) is 121 cm³/mol. The summed E-state index contributed by atoms with van der Waals surface area (Å²) in [6, 6.07) is 26.2. The Bertz CT molecular complexity index is 1390. The summed E-state index contributed by atoms with van der Waals surface area (Å²) in [5.41, 5.74) is 9.69. The van der Waals surface area contributed by atoms with E-state index in [4.69, 9.17) is 10.5 Å². The third-order valence-corrected chi connectivity index (χ3v) is 6.47. The zero-order valence-electron chi connectivity index (χ0n) is 16.5. The minimum atomic E-state index is -0.342. The van der Waals surface area contributed by atoms with Crippen molar-refractivity contribution in [3.8, 4) is 0 Å². The van der Waals surface area contributed by atoms with Gasteiger partial charge in [0.05, 0.1) is 11.6 Å². The van der Waals surface area contributed by atoms with Crippen LogP contribution in [0.1, 0.15) is 33.9 Å². The summed E-state index contributed by atoms with van der Waals surface area (Å²) in [7, 11) is 0. The van der Waals surface area contributed by atoms with Crippen LogP contribution in [0.4, 0.5) is 0 Å². The highest BCUT2D eigenvalue weighted by molar-refractivity contribution is 6.23. The quantitative estimate of drug-likeness (QED) is 0.308. The largest absolute Gasteiger partial charge is 0.457 e. The van der Waals surface area contributed by atoms with Crippen LogP contribution in [0.2, 0.25) is 0 Å². The molecule has 2 atom stereocenters. The van der Waals surface area contributed by atoms with E-state index in [0.29, 0.717) is 5.56 Å². The molecule has 5 aromatic rings. The molecule has 3 nitrogen and oxygen atoms in total. The summed E-state index contributed by atoms with van der Waals surface area (Å²) in [6.45, 7) is 0. The maximum Gasteiger partial charge on any atom is 0.338 e. The lowest BCUT2D eigenvalue weighted by molar-refractivity contribution is 0.0197. The molecule has 146 valence electrons. The van der Waals surface area contributed by atoms with E-state index in [2.05, 4.69) is 48.5 Å². The smallest absolute Gasteiger partial charge is 0.338 e. The van der Waals surface area contributed by atoms with E-state index < -0.39 is 0 Å². The molecule has 30 heavy (non-hydrogen) atoms. The highest BCUT2D eigenvalue weighted by atomic mass is 16.5. The molecule has 0 amide bonds. The molecule has 0 spiro atoms. The number of carbonyl (C=O) groups excluding carboxylic acids is 1. The Morgan fingerprint density at radius 3 is 2.37 bits per heavy atom. The molecule has 0 aliphatic heterocycles. The molecule has 0 aromatic heterocycles. The van der Waals surface area contributed by atoms with Crippen LogP contribution in [-0.2, 0) is 11.2 Å². The van der Waals surface area contributed by atoms with Gasteiger partial charge in [0.15, 0.2) is 0 Å². The van der Waals surface area contributed by atoms with Gasteiger partial charge in [-0.05, 0) is 68.4 Å². The molecule has 1 aliphatic rings. The SMILES string of the molecule is N[C@H]1c2c(cc3ccc4cccc5ccc2c3c45)CC[C@@H]1OC(=O)c1ccccc1. The van der Waals surface area contributed by atoms with E-state index in [1.54, 1.807) is 12.1 Å². The van der Waals surface area contributed by atoms with Crippen LogP contribution in [0.25, 0.3) is 32.3 Å². The molecule has 0 unspecified atom stereocenters. The number of aryl methyl sites for hydroxylation is 1. The second-order valence-corrected chi connectivity index (χ2v) is 8.18. The van der Waals surface area contributed by atoms with E-state index in [1.165, 1.54) is 37.9 Å². The number of esters is 1. The summed E-state index contributed by atoms with van der Waals surface area (Å²) in [5.74, 6) is -0.308. The number of rotatable bonds is 2. The molecule has 0 heterocycles. The molecule has 0 saturated heterocycles. The molecule has 0 radical (unpaired) electrons. The highest BCUT2D eigenvalue weighted by Crippen LogP contribution is 2.42. The lowest BCUT2D eigenvalue weighted by atomic mass is 9.80. The minimum absolute atomic E-state index is 0.308. The summed E-state index contributed by atoms with van der Waals surface area (Å²) in [5, 5.41) is 7.45. The standard InChI is InChI=1S/C27H21NO2/c28-26-22(30-27(29)18-5-2-1-3-6-18)14-12-20-15-19-10-9-16-7-4-8-17-11-13-21(25(20)26)24(19)23(16)17/h1-11,13,15,22,26H,12,14,28H2/t22-,26+/m0/s1. The maximum atomic E-state index is 12.6. The third kappa shape index (κ3) is 2.52. The predicted octanol–water partition coefficient (Wildman–Crippen LogP) is 5.76. The Kier molecular flexibility index (Phi) is 3.80. The van der Waals surface area contributed by atoms with E-state index in [0.717, 1.165) is 18.4 Å². The van der Waals surface area contributed by atoms with Crippen LogP contribution in [0.15, 0.2) is 78.9 Å². The first kappa shape index (κ1) is 17.4. The first-order chi connectivity index (χ1) is 14.7. The van der Waals surface area contributed by atoms with Gasteiger partial charge in [-0.15, -0.1) is 0 Å². The lowest BCUT2D eigenvalue weighted by Gasteiger charge is -2.32. The Balaban J connectivity index is 1.48. The third-order valence-electron chi connectivity index (χ3n) is 6.47. The lowest BCUT2D eigenvalue weighted by Crippen LogP contribution is -2.35.